The van der Waals surface area contributed by atoms with Gasteiger partial charge in [0.25, 0.3) is 7.82 Å². The van der Waals surface area contributed by atoms with Crippen molar-refractivity contribution in [1.29, 1.82) is 0 Å². The van der Waals surface area contributed by atoms with Crippen LogP contribution < -0.4 is 10.2 Å². The van der Waals surface area contributed by atoms with E-state index in [9.17, 15) is 19.4 Å². The highest BCUT2D eigenvalue weighted by molar-refractivity contribution is 7.45. The molecule has 0 bridgehead atoms. The fourth-order valence-corrected chi connectivity index (χ4v) is 5.17. The molecule has 2 N–H and O–H groups in total. The first-order chi connectivity index (χ1) is 18.5. The normalized spacial score (nSPS) is 15.2. The lowest BCUT2D eigenvalue weighted by atomic mass is 10.0. The number of amides is 1. The maximum Gasteiger partial charge on any atom is 0.268 e. The van der Waals surface area contributed by atoms with Crippen LogP contribution >= 0.6 is 7.82 Å². The minimum atomic E-state index is -4.53. The molecule has 0 aliphatic heterocycles. The third-order valence-corrected chi connectivity index (χ3v) is 8.06. The first-order valence-corrected chi connectivity index (χ1v) is 17.3. The van der Waals surface area contributed by atoms with E-state index in [2.05, 4.69) is 19.2 Å². The average molecular weight is 579 g/mol. The van der Waals surface area contributed by atoms with Crippen LogP contribution in [0.1, 0.15) is 136 Å². The topological polar surface area (TPSA) is 108 Å². The van der Waals surface area contributed by atoms with Crippen LogP contribution in [-0.4, -0.2) is 68.5 Å². The number of carbonyl (C=O) groups excluding carboxylic acids is 1. The molecule has 1 amide bonds. The van der Waals surface area contributed by atoms with Crippen molar-refractivity contribution < 1.29 is 32.9 Å². The van der Waals surface area contributed by atoms with E-state index >= 15 is 0 Å². The zero-order valence-electron chi connectivity index (χ0n) is 26.1. The Labute approximate surface area is 240 Å². The Morgan fingerprint density at radius 2 is 1.26 bits per heavy atom. The number of hydrogen-bond acceptors (Lipinski definition) is 6. The smallest absolute Gasteiger partial charge is 0.268 e. The molecule has 8 nitrogen and oxygen atoms in total. The molecule has 0 aliphatic carbocycles. The van der Waals surface area contributed by atoms with Crippen molar-refractivity contribution in [3.63, 3.8) is 0 Å². The van der Waals surface area contributed by atoms with Gasteiger partial charge in [-0.25, -0.2) is 0 Å². The molecule has 3 atom stereocenters. The van der Waals surface area contributed by atoms with Crippen molar-refractivity contribution in [2.75, 3.05) is 40.9 Å². The summed E-state index contributed by atoms with van der Waals surface area (Å²) in [5, 5.41) is 13.6. The van der Waals surface area contributed by atoms with Gasteiger partial charge in [-0.2, -0.15) is 0 Å². The molecule has 0 saturated carbocycles. The Bertz CT molecular complexity index is 629. The number of nitrogens with zero attached hydrogens (tertiary/aromatic N) is 1. The monoisotopic (exact) mass is 578 g/mol. The SMILES string of the molecule is CCCCCCCCCCCCCC(O)C(COP(=O)([O-])OCC[N+](C)(C)C)NC(=O)CCCCCCCC. The molecule has 0 aliphatic rings. The van der Waals surface area contributed by atoms with Gasteiger partial charge in [-0.15, -0.1) is 0 Å². The van der Waals surface area contributed by atoms with Gasteiger partial charge in [-0.1, -0.05) is 117 Å². The summed E-state index contributed by atoms with van der Waals surface area (Å²) in [5.41, 5.74) is 0. The summed E-state index contributed by atoms with van der Waals surface area (Å²) in [6, 6.07) is -0.787. The number of carbonyl (C=O) groups is 1. The van der Waals surface area contributed by atoms with Gasteiger partial charge in [0.15, 0.2) is 0 Å². The van der Waals surface area contributed by atoms with E-state index in [1.54, 1.807) is 0 Å². The minimum Gasteiger partial charge on any atom is -0.756 e. The van der Waals surface area contributed by atoms with Crippen LogP contribution in [0.3, 0.4) is 0 Å². The number of rotatable bonds is 28. The van der Waals surface area contributed by atoms with Gasteiger partial charge in [-0.05, 0) is 12.8 Å². The summed E-state index contributed by atoms with van der Waals surface area (Å²) >= 11 is 0. The van der Waals surface area contributed by atoms with Gasteiger partial charge in [0.2, 0.25) is 5.91 Å². The summed E-state index contributed by atoms with van der Waals surface area (Å²) < 4.78 is 22.9. The molecule has 234 valence electrons. The molecule has 0 heterocycles. The number of nitrogens with one attached hydrogen (secondary N) is 1. The van der Waals surface area contributed by atoms with Crippen LogP contribution in [0.15, 0.2) is 0 Å². The standard InChI is InChI=1S/C30H63N2O6P/c1-6-8-10-12-14-15-16-17-18-19-21-23-29(33)28(31-30(34)24-22-20-13-11-9-7-2)27-38-39(35,36)37-26-25-32(3,4)5/h28-29,33H,6-27H2,1-5H3,(H-,31,34,35,36). The summed E-state index contributed by atoms with van der Waals surface area (Å²) in [6.07, 6.45) is 19.8. The van der Waals surface area contributed by atoms with E-state index in [0.29, 0.717) is 23.9 Å². The number of phosphoric ester groups is 1. The molecular weight excluding hydrogens is 515 g/mol. The summed E-state index contributed by atoms with van der Waals surface area (Å²) in [5.74, 6) is -0.177. The summed E-state index contributed by atoms with van der Waals surface area (Å²) in [7, 11) is 1.30. The number of likely N-dealkylation sites (N-methyl/N-ethyl adjacent to an activating group) is 1. The molecule has 0 aromatic rings. The van der Waals surface area contributed by atoms with Crippen LogP contribution in [0.2, 0.25) is 0 Å². The number of unbranched alkanes of at least 4 members (excludes halogenated alkanes) is 15. The van der Waals surface area contributed by atoms with Crippen molar-refractivity contribution in [2.24, 2.45) is 0 Å². The Kier molecular flexibility index (Phi) is 23.8. The van der Waals surface area contributed by atoms with Crippen molar-refractivity contribution >= 4 is 13.7 Å². The maximum absolute atomic E-state index is 12.6. The molecule has 39 heavy (non-hydrogen) atoms. The van der Waals surface area contributed by atoms with Crippen molar-refractivity contribution in [3.05, 3.63) is 0 Å². The first kappa shape index (κ1) is 38.5. The predicted molar refractivity (Wildman–Crippen MR) is 159 cm³/mol. The highest BCUT2D eigenvalue weighted by atomic mass is 31.2. The number of quaternary nitrogens is 1. The zero-order chi connectivity index (χ0) is 29.4. The molecule has 0 aromatic heterocycles. The molecular formula is C30H63N2O6P. The Balaban J connectivity index is 4.54. The summed E-state index contributed by atoms with van der Waals surface area (Å²) in [4.78, 5) is 24.8. The average Bonchev–Trinajstić information content (AvgIpc) is 2.86. The van der Waals surface area contributed by atoms with E-state index < -0.39 is 20.0 Å². The predicted octanol–water partition coefficient (Wildman–Crippen LogP) is 6.49. The third-order valence-electron chi connectivity index (χ3n) is 7.10. The molecule has 0 rings (SSSR count). The van der Waals surface area contributed by atoms with Gasteiger partial charge in [0.05, 0.1) is 39.9 Å². The van der Waals surface area contributed by atoms with Gasteiger partial charge in [0, 0.05) is 6.42 Å². The van der Waals surface area contributed by atoms with E-state index in [0.717, 1.165) is 38.5 Å². The largest absolute Gasteiger partial charge is 0.756 e. The highest BCUT2D eigenvalue weighted by Gasteiger charge is 2.24. The Hall–Kier alpha value is -0.500. The van der Waals surface area contributed by atoms with Crippen molar-refractivity contribution in [1.82, 2.24) is 5.32 Å². The lowest BCUT2D eigenvalue weighted by Crippen LogP contribution is -2.46. The lowest BCUT2D eigenvalue weighted by Gasteiger charge is -2.30. The third kappa shape index (κ3) is 26.2. The molecule has 9 heteroatoms. The molecule has 0 radical (unpaired) electrons. The minimum absolute atomic E-state index is 0.0145. The van der Waals surface area contributed by atoms with Crippen molar-refractivity contribution in [3.8, 4) is 0 Å². The maximum atomic E-state index is 12.6. The van der Waals surface area contributed by atoms with E-state index in [4.69, 9.17) is 9.05 Å². The lowest BCUT2D eigenvalue weighted by molar-refractivity contribution is -0.870. The molecule has 0 aromatic carbocycles. The molecule has 0 fully saturated rings. The van der Waals surface area contributed by atoms with Crippen LogP contribution in [0.25, 0.3) is 0 Å². The molecule has 0 spiro atoms. The summed E-state index contributed by atoms with van der Waals surface area (Å²) in [6.45, 7) is 4.61. The van der Waals surface area contributed by atoms with Gasteiger partial charge < -0.3 is 28.8 Å². The number of hydrogen-bond donors (Lipinski definition) is 2. The molecule has 0 saturated heterocycles. The Morgan fingerprint density at radius 1 is 0.795 bits per heavy atom. The van der Waals surface area contributed by atoms with Crippen LogP contribution in [-0.2, 0) is 18.4 Å². The second-order valence-electron chi connectivity index (χ2n) is 12.2. The van der Waals surface area contributed by atoms with E-state index in [-0.39, 0.29) is 19.1 Å². The second-order valence-corrected chi connectivity index (χ2v) is 13.6. The van der Waals surface area contributed by atoms with E-state index in [1.807, 2.05) is 21.1 Å². The van der Waals surface area contributed by atoms with Crippen LogP contribution in [0.5, 0.6) is 0 Å². The number of aliphatic hydroxyl groups excluding tert-OH is 1. The van der Waals surface area contributed by atoms with Gasteiger partial charge in [-0.3, -0.25) is 9.36 Å². The number of phosphoric acid groups is 1. The van der Waals surface area contributed by atoms with Gasteiger partial charge >= 0.3 is 0 Å². The fourth-order valence-electron chi connectivity index (χ4n) is 4.45. The van der Waals surface area contributed by atoms with Crippen LogP contribution in [0, 0.1) is 0 Å². The van der Waals surface area contributed by atoms with Crippen molar-refractivity contribution in [2.45, 2.75) is 148 Å². The zero-order valence-corrected chi connectivity index (χ0v) is 27.0. The fraction of sp³-hybridized carbons (Fsp3) is 0.967. The highest BCUT2D eigenvalue weighted by Crippen LogP contribution is 2.38. The molecule has 3 unspecified atom stereocenters. The van der Waals surface area contributed by atoms with Gasteiger partial charge in [0.1, 0.15) is 13.2 Å². The number of aliphatic hydroxyl groups is 1. The first-order valence-electron chi connectivity index (χ1n) is 15.9. The quantitative estimate of drug-likeness (QED) is 0.0624. The van der Waals surface area contributed by atoms with E-state index in [1.165, 1.54) is 70.6 Å². The van der Waals surface area contributed by atoms with Crippen LogP contribution in [0.4, 0.5) is 0 Å². The second kappa shape index (κ2) is 24.1. The Morgan fingerprint density at radius 3 is 1.74 bits per heavy atom.